The van der Waals surface area contributed by atoms with Crippen LogP contribution >= 0.6 is 0 Å². The van der Waals surface area contributed by atoms with Gasteiger partial charge >= 0.3 is 11.9 Å². The fourth-order valence-electron chi connectivity index (χ4n) is 2.62. The van der Waals surface area contributed by atoms with Gasteiger partial charge in [-0.2, -0.15) is 0 Å². The molecule has 0 aromatic rings. The van der Waals surface area contributed by atoms with Gasteiger partial charge in [0, 0.05) is 6.42 Å². The Hall–Kier alpha value is -1.85. The van der Waals surface area contributed by atoms with Gasteiger partial charge in [-0.05, 0) is 19.3 Å². The van der Waals surface area contributed by atoms with Crippen molar-refractivity contribution in [2.24, 2.45) is 5.92 Å². The van der Waals surface area contributed by atoms with Crippen LogP contribution in [0.3, 0.4) is 0 Å². The second-order valence-corrected chi connectivity index (χ2v) is 4.67. The molecule has 6 heteroatoms. The molecule has 0 radical (unpaired) electrons. The second kappa shape index (κ2) is 4.80. The molecule has 2 heterocycles. The van der Waals surface area contributed by atoms with E-state index in [0.29, 0.717) is 12.8 Å². The third-order valence-electron chi connectivity index (χ3n) is 3.52. The van der Waals surface area contributed by atoms with Crippen LogP contribution in [0.15, 0.2) is 12.2 Å². The molecule has 1 amide bonds. The summed E-state index contributed by atoms with van der Waals surface area (Å²) in [6.07, 6.45) is 4.80. The van der Waals surface area contributed by atoms with Crippen LogP contribution in [0.2, 0.25) is 0 Å². The smallest absolute Gasteiger partial charge is 0.326 e. The first-order valence-electron chi connectivity index (χ1n) is 5.96. The number of aliphatic carboxylic acids is 2. The topological polar surface area (TPSA) is 94.9 Å². The van der Waals surface area contributed by atoms with Gasteiger partial charge in [-0.1, -0.05) is 12.2 Å². The van der Waals surface area contributed by atoms with Crippen LogP contribution in [-0.2, 0) is 14.4 Å². The van der Waals surface area contributed by atoms with Crippen LogP contribution in [0.4, 0.5) is 0 Å². The number of carbonyl (C=O) groups is 3. The van der Waals surface area contributed by atoms with Gasteiger partial charge in [0.05, 0.1) is 12.0 Å². The summed E-state index contributed by atoms with van der Waals surface area (Å²) in [6.45, 7) is 0. The molecule has 18 heavy (non-hydrogen) atoms. The van der Waals surface area contributed by atoms with E-state index < -0.39 is 23.9 Å². The number of hydrogen-bond donors (Lipinski definition) is 2. The highest BCUT2D eigenvalue weighted by atomic mass is 16.4. The minimum atomic E-state index is -0.988. The quantitative estimate of drug-likeness (QED) is 0.710. The largest absolute Gasteiger partial charge is 0.481 e. The molecular weight excluding hydrogens is 238 g/mol. The van der Waals surface area contributed by atoms with Crippen LogP contribution in [0, 0.1) is 5.92 Å². The Kier molecular flexibility index (Phi) is 3.36. The predicted molar refractivity (Wildman–Crippen MR) is 60.8 cm³/mol. The summed E-state index contributed by atoms with van der Waals surface area (Å²) in [5, 5.41) is 17.7. The van der Waals surface area contributed by atoms with E-state index in [-0.39, 0.29) is 24.8 Å². The third kappa shape index (κ3) is 2.23. The summed E-state index contributed by atoms with van der Waals surface area (Å²) < 4.78 is 0. The zero-order chi connectivity index (χ0) is 13.3. The number of carboxylic acids is 2. The van der Waals surface area contributed by atoms with Gasteiger partial charge in [0.15, 0.2) is 0 Å². The van der Waals surface area contributed by atoms with Crippen molar-refractivity contribution in [3.8, 4) is 0 Å². The Bertz CT molecular complexity index is 417. The monoisotopic (exact) mass is 253 g/mol. The highest BCUT2D eigenvalue weighted by Crippen LogP contribution is 2.32. The van der Waals surface area contributed by atoms with E-state index in [1.807, 2.05) is 6.08 Å². The molecule has 2 aliphatic rings. The van der Waals surface area contributed by atoms with Crippen LogP contribution in [0.25, 0.3) is 0 Å². The number of nitrogens with zero attached hydrogens (tertiary/aromatic N) is 1. The van der Waals surface area contributed by atoms with E-state index in [2.05, 4.69) is 0 Å². The maximum Gasteiger partial charge on any atom is 0.326 e. The molecule has 0 bridgehead atoms. The normalized spacial score (nSPS) is 30.3. The van der Waals surface area contributed by atoms with Crippen LogP contribution in [0.1, 0.15) is 25.7 Å². The van der Waals surface area contributed by atoms with Gasteiger partial charge in [0.1, 0.15) is 6.04 Å². The lowest BCUT2D eigenvalue weighted by Crippen LogP contribution is -2.48. The Balaban J connectivity index is 2.11. The van der Waals surface area contributed by atoms with Crippen molar-refractivity contribution in [1.82, 2.24) is 4.90 Å². The van der Waals surface area contributed by atoms with Crippen molar-refractivity contribution >= 4 is 17.8 Å². The number of fused-ring (bicyclic) bond motifs is 1. The number of amides is 1. The molecular formula is C12H15NO5. The number of carbonyl (C=O) groups excluding carboxylic acids is 1. The van der Waals surface area contributed by atoms with Crippen molar-refractivity contribution < 1.29 is 24.6 Å². The lowest BCUT2D eigenvalue weighted by atomic mass is 9.95. The maximum atomic E-state index is 12.2. The number of rotatable bonds is 4. The van der Waals surface area contributed by atoms with Gasteiger partial charge in [0.2, 0.25) is 5.91 Å². The molecule has 98 valence electrons. The molecule has 3 unspecified atom stereocenters. The average molecular weight is 253 g/mol. The van der Waals surface area contributed by atoms with E-state index in [1.54, 1.807) is 6.08 Å². The Labute approximate surface area is 104 Å². The van der Waals surface area contributed by atoms with Gasteiger partial charge in [0.25, 0.3) is 0 Å². The molecule has 3 atom stereocenters. The van der Waals surface area contributed by atoms with Crippen molar-refractivity contribution in [2.45, 2.75) is 37.8 Å². The fourth-order valence-corrected chi connectivity index (χ4v) is 2.62. The van der Waals surface area contributed by atoms with Crippen LogP contribution < -0.4 is 0 Å². The molecule has 2 N–H and O–H groups in total. The van der Waals surface area contributed by atoms with Crippen LogP contribution in [-0.4, -0.2) is 45.0 Å². The summed E-state index contributed by atoms with van der Waals surface area (Å²) >= 11 is 0. The highest BCUT2D eigenvalue weighted by molar-refractivity contribution is 5.88. The number of hydrogen-bond acceptors (Lipinski definition) is 3. The van der Waals surface area contributed by atoms with E-state index in [4.69, 9.17) is 10.2 Å². The number of carboxylic acid groups (broad SMARTS) is 2. The predicted octanol–water partition coefficient (Wildman–Crippen LogP) is 0.481. The molecule has 2 aliphatic heterocycles. The summed E-state index contributed by atoms with van der Waals surface area (Å²) in [4.78, 5) is 35.1. The SMILES string of the molecule is O=C(O)CCC1C=CC2CCC(C(=O)O)N2C1=O. The Morgan fingerprint density at radius 1 is 1.28 bits per heavy atom. The molecule has 6 nitrogen and oxygen atoms in total. The molecule has 0 aromatic heterocycles. The second-order valence-electron chi connectivity index (χ2n) is 4.67. The Morgan fingerprint density at radius 2 is 2.00 bits per heavy atom. The molecule has 1 saturated heterocycles. The summed E-state index contributed by atoms with van der Waals surface area (Å²) in [5.74, 6) is -2.70. The summed E-state index contributed by atoms with van der Waals surface area (Å²) in [6, 6.07) is -0.903. The third-order valence-corrected chi connectivity index (χ3v) is 3.52. The lowest BCUT2D eigenvalue weighted by Gasteiger charge is -2.32. The molecule has 0 spiro atoms. The van der Waals surface area contributed by atoms with Gasteiger partial charge in [-0.3, -0.25) is 9.59 Å². The molecule has 0 saturated carbocycles. The Morgan fingerprint density at radius 3 is 2.61 bits per heavy atom. The van der Waals surface area contributed by atoms with Gasteiger partial charge in [-0.25, -0.2) is 4.79 Å². The average Bonchev–Trinajstić information content (AvgIpc) is 2.72. The van der Waals surface area contributed by atoms with Crippen LogP contribution in [0.5, 0.6) is 0 Å². The molecule has 2 rings (SSSR count). The lowest BCUT2D eigenvalue weighted by molar-refractivity contribution is -0.151. The zero-order valence-corrected chi connectivity index (χ0v) is 9.78. The van der Waals surface area contributed by atoms with E-state index in [0.717, 1.165) is 0 Å². The molecule has 0 aliphatic carbocycles. The summed E-state index contributed by atoms with van der Waals surface area (Å²) in [5.41, 5.74) is 0. The standard InChI is InChI=1S/C12H15NO5/c14-10(15)6-2-7-1-3-8-4-5-9(12(17)18)13(8)11(7)16/h1,3,7-9H,2,4-6H2,(H,14,15)(H,17,18). The maximum absolute atomic E-state index is 12.2. The first kappa shape index (κ1) is 12.6. The van der Waals surface area contributed by atoms with Crippen molar-refractivity contribution in [1.29, 1.82) is 0 Å². The highest BCUT2D eigenvalue weighted by Gasteiger charge is 2.43. The fraction of sp³-hybridized carbons (Fsp3) is 0.583. The van der Waals surface area contributed by atoms with Gasteiger partial charge < -0.3 is 15.1 Å². The first-order chi connectivity index (χ1) is 8.50. The minimum absolute atomic E-state index is 0.0863. The van der Waals surface area contributed by atoms with Gasteiger partial charge in [-0.15, -0.1) is 0 Å². The van der Waals surface area contributed by atoms with Crippen molar-refractivity contribution in [2.75, 3.05) is 0 Å². The van der Waals surface area contributed by atoms with E-state index in [9.17, 15) is 14.4 Å². The summed E-state index contributed by atoms with van der Waals surface area (Å²) in [7, 11) is 0. The van der Waals surface area contributed by atoms with Crippen molar-refractivity contribution in [3.05, 3.63) is 12.2 Å². The van der Waals surface area contributed by atoms with E-state index in [1.165, 1.54) is 4.90 Å². The molecule has 1 fully saturated rings. The zero-order valence-electron chi connectivity index (χ0n) is 9.78. The van der Waals surface area contributed by atoms with Crippen molar-refractivity contribution in [3.63, 3.8) is 0 Å². The first-order valence-corrected chi connectivity index (χ1v) is 5.96. The van der Waals surface area contributed by atoms with E-state index >= 15 is 0 Å². The minimum Gasteiger partial charge on any atom is -0.481 e. The molecule has 0 aromatic carbocycles.